The lowest BCUT2D eigenvalue weighted by Gasteiger charge is -2.31. The summed E-state index contributed by atoms with van der Waals surface area (Å²) < 4.78 is 0. The molecule has 0 bridgehead atoms. The third kappa shape index (κ3) is 5.11. The van der Waals surface area contributed by atoms with Gasteiger partial charge in [0.15, 0.2) is 0 Å². The molecule has 22 heavy (non-hydrogen) atoms. The molecule has 4 nitrogen and oxygen atoms in total. The van der Waals surface area contributed by atoms with Gasteiger partial charge in [-0.1, -0.05) is 24.6 Å². The number of amides is 1. The average molecular weight is 303 g/mol. The summed E-state index contributed by atoms with van der Waals surface area (Å²) in [6.07, 6.45) is 2.37. The molecule has 1 aromatic carbocycles. The van der Waals surface area contributed by atoms with Crippen LogP contribution in [0.5, 0.6) is 0 Å². The van der Waals surface area contributed by atoms with Crippen molar-refractivity contribution in [2.45, 2.75) is 33.6 Å². The van der Waals surface area contributed by atoms with E-state index < -0.39 is 0 Å². The molecule has 0 aliphatic carbocycles. The SMILES string of the molecule is CCNCC1CCN(CC(=O)Nc2ccc(C)cc2C)CC1. The number of hydrogen-bond donors (Lipinski definition) is 2. The normalized spacial score (nSPS) is 16.7. The fourth-order valence-corrected chi connectivity index (χ4v) is 3.04. The number of hydrogen-bond acceptors (Lipinski definition) is 3. The molecule has 1 fully saturated rings. The van der Waals surface area contributed by atoms with Crippen LogP contribution in [0, 0.1) is 19.8 Å². The summed E-state index contributed by atoms with van der Waals surface area (Å²) in [5.41, 5.74) is 3.27. The first-order valence-electron chi connectivity index (χ1n) is 8.38. The van der Waals surface area contributed by atoms with Gasteiger partial charge in [-0.3, -0.25) is 9.69 Å². The van der Waals surface area contributed by atoms with Crippen molar-refractivity contribution in [2.24, 2.45) is 5.92 Å². The fourth-order valence-electron chi connectivity index (χ4n) is 3.04. The Balaban J connectivity index is 1.76. The van der Waals surface area contributed by atoms with Crippen LogP contribution < -0.4 is 10.6 Å². The molecule has 1 aromatic rings. The predicted molar refractivity (Wildman–Crippen MR) is 92.3 cm³/mol. The van der Waals surface area contributed by atoms with E-state index in [2.05, 4.69) is 35.4 Å². The summed E-state index contributed by atoms with van der Waals surface area (Å²) >= 11 is 0. The molecule has 122 valence electrons. The molecule has 1 aliphatic heterocycles. The Labute approximate surface area is 134 Å². The van der Waals surface area contributed by atoms with Crippen molar-refractivity contribution < 1.29 is 4.79 Å². The minimum absolute atomic E-state index is 0.0945. The summed E-state index contributed by atoms with van der Waals surface area (Å²) in [7, 11) is 0. The van der Waals surface area contributed by atoms with Crippen molar-refractivity contribution in [3.63, 3.8) is 0 Å². The zero-order valence-electron chi connectivity index (χ0n) is 14.1. The summed E-state index contributed by atoms with van der Waals surface area (Å²) in [6.45, 7) is 10.9. The van der Waals surface area contributed by atoms with Crippen LogP contribution in [0.3, 0.4) is 0 Å². The highest BCUT2D eigenvalue weighted by Crippen LogP contribution is 2.18. The van der Waals surface area contributed by atoms with E-state index in [0.717, 1.165) is 43.3 Å². The van der Waals surface area contributed by atoms with Gasteiger partial charge in [0.2, 0.25) is 5.91 Å². The molecule has 2 rings (SSSR count). The fraction of sp³-hybridized carbons (Fsp3) is 0.611. The van der Waals surface area contributed by atoms with Crippen LogP contribution in [0.25, 0.3) is 0 Å². The number of carbonyl (C=O) groups excluding carboxylic acids is 1. The van der Waals surface area contributed by atoms with Gasteiger partial charge in [0, 0.05) is 5.69 Å². The molecule has 1 heterocycles. The van der Waals surface area contributed by atoms with Crippen molar-refractivity contribution in [3.05, 3.63) is 29.3 Å². The lowest BCUT2D eigenvalue weighted by molar-refractivity contribution is -0.117. The van der Waals surface area contributed by atoms with Gasteiger partial charge in [0.25, 0.3) is 0 Å². The minimum atomic E-state index is 0.0945. The molecule has 0 spiro atoms. The second-order valence-corrected chi connectivity index (χ2v) is 6.39. The largest absolute Gasteiger partial charge is 0.325 e. The van der Waals surface area contributed by atoms with Crippen molar-refractivity contribution in [2.75, 3.05) is 38.0 Å². The Morgan fingerprint density at radius 3 is 2.64 bits per heavy atom. The second-order valence-electron chi connectivity index (χ2n) is 6.39. The first-order valence-corrected chi connectivity index (χ1v) is 8.38. The Morgan fingerprint density at radius 1 is 1.27 bits per heavy atom. The van der Waals surface area contributed by atoms with Crippen LogP contribution in [-0.2, 0) is 4.79 Å². The number of anilines is 1. The summed E-state index contributed by atoms with van der Waals surface area (Å²) in [6, 6.07) is 6.13. The van der Waals surface area contributed by atoms with E-state index in [1.54, 1.807) is 0 Å². The molecule has 1 saturated heterocycles. The molecule has 0 unspecified atom stereocenters. The second kappa shape index (κ2) is 8.30. The highest BCUT2D eigenvalue weighted by Gasteiger charge is 2.20. The van der Waals surface area contributed by atoms with Crippen molar-refractivity contribution in [1.82, 2.24) is 10.2 Å². The van der Waals surface area contributed by atoms with Gasteiger partial charge in [0.05, 0.1) is 6.54 Å². The molecule has 1 aliphatic rings. The first kappa shape index (κ1) is 17.0. The van der Waals surface area contributed by atoms with Crippen LogP contribution in [0.1, 0.15) is 30.9 Å². The Kier molecular flexibility index (Phi) is 6.40. The lowest BCUT2D eigenvalue weighted by atomic mass is 9.97. The number of nitrogens with zero attached hydrogens (tertiary/aromatic N) is 1. The van der Waals surface area contributed by atoms with Crippen LogP contribution >= 0.6 is 0 Å². The van der Waals surface area contributed by atoms with Crippen LogP contribution in [0.15, 0.2) is 18.2 Å². The van der Waals surface area contributed by atoms with Crippen molar-refractivity contribution in [1.29, 1.82) is 0 Å². The molecule has 0 atom stereocenters. The summed E-state index contributed by atoms with van der Waals surface area (Å²) in [4.78, 5) is 14.5. The molecule has 2 N–H and O–H groups in total. The maximum atomic E-state index is 12.2. The maximum absolute atomic E-state index is 12.2. The van der Waals surface area contributed by atoms with Crippen LogP contribution in [0.4, 0.5) is 5.69 Å². The van der Waals surface area contributed by atoms with Gasteiger partial charge in [-0.15, -0.1) is 0 Å². The first-order chi connectivity index (χ1) is 10.6. The highest BCUT2D eigenvalue weighted by molar-refractivity contribution is 5.93. The molecule has 0 saturated carbocycles. The van der Waals surface area contributed by atoms with E-state index in [-0.39, 0.29) is 5.91 Å². The van der Waals surface area contributed by atoms with Gasteiger partial charge < -0.3 is 10.6 Å². The van der Waals surface area contributed by atoms with E-state index in [9.17, 15) is 4.79 Å². The number of likely N-dealkylation sites (tertiary alicyclic amines) is 1. The predicted octanol–water partition coefficient (Wildman–Crippen LogP) is 2.56. The van der Waals surface area contributed by atoms with Gasteiger partial charge in [-0.25, -0.2) is 0 Å². The van der Waals surface area contributed by atoms with Crippen molar-refractivity contribution >= 4 is 11.6 Å². The number of carbonyl (C=O) groups is 1. The van der Waals surface area contributed by atoms with Gasteiger partial charge in [-0.05, 0) is 70.4 Å². The quantitative estimate of drug-likeness (QED) is 0.849. The van der Waals surface area contributed by atoms with Crippen LogP contribution in [0.2, 0.25) is 0 Å². The van der Waals surface area contributed by atoms with E-state index in [1.807, 2.05) is 19.1 Å². The Morgan fingerprint density at radius 2 is 2.00 bits per heavy atom. The summed E-state index contributed by atoms with van der Waals surface area (Å²) in [5.74, 6) is 0.857. The topological polar surface area (TPSA) is 44.4 Å². The molecule has 0 aromatic heterocycles. The van der Waals surface area contributed by atoms with Crippen molar-refractivity contribution in [3.8, 4) is 0 Å². The number of aryl methyl sites for hydroxylation is 2. The third-order valence-corrected chi connectivity index (χ3v) is 4.41. The molecular formula is C18H29N3O. The third-order valence-electron chi connectivity index (χ3n) is 4.41. The molecule has 1 amide bonds. The number of nitrogens with one attached hydrogen (secondary N) is 2. The zero-order chi connectivity index (χ0) is 15.9. The van der Waals surface area contributed by atoms with E-state index in [1.165, 1.54) is 18.4 Å². The number of piperidine rings is 1. The standard InChI is InChI=1S/C18H29N3O/c1-4-19-12-16-7-9-21(10-8-16)13-18(22)20-17-6-5-14(2)11-15(17)3/h5-6,11,16,19H,4,7-10,12-13H2,1-3H3,(H,20,22). The highest BCUT2D eigenvalue weighted by atomic mass is 16.2. The maximum Gasteiger partial charge on any atom is 0.238 e. The van der Waals surface area contributed by atoms with Gasteiger partial charge >= 0.3 is 0 Å². The Bertz CT molecular complexity index is 493. The van der Waals surface area contributed by atoms with Crippen LogP contribution in [-0.4, -0.2) is 43.5 Å². The number of benzene rings is 1. The smallest absolute Gasteiger partial charge is 0.238 e. The van der Waals surface area contributed by atoms with E-state index in [4.69, 9.17) is 0 Å². The summed E-state index contributed by atoms with van der Waals surface area (Å²) in [5, 5.41) is 6.46. The van der Waals surface area contributed by atoms with E-state index >= 15 is 0 Å². The van der Waals surface area contributed by atoms with Gasteiger partial charge in [-0.2, -0.15) is 0 Å². The average Bonchev–Trinajstić information content (AvgIpc) is 2.49. The Hall–Kier alpha value is -1.39. The minimum Gasteiger partial charge on any atom is -0.325 e. The molecular weight excluding hydrogens is 274 g/mol. The molecule has 0 radical (unpaired) electrons. The lowest BCUT2D eigenvalue weighted by Crippen LogP contribution is -2.41. The van der Waals surface area contributed by atoms with Gasteiger partial charge in [0.1, 0.15) is 0 Å². The number of rotatable bonds is 6. The monoisotopic (exact) mass is 303 g/mol. The van der Waals surface area contributed by atoms with E-state index in [0.29, 0.717) is 6.54 Å². The molecule has 4 heteroatoms. The zero-order valence-corrected chi connectivity index (χ0v) is 14.1.